The fourth-order valence-corrected chi connectivity index (χ4v) is 8.94. The first-order valence-corrected chi connectivity index (χ1v) is 23.6. The Morgan fingerprint density at radius 1 is 0.516 bits per heavy atom. The Hall–Kier alpha value is -6.16. The lowest BCUT2D eigenvalue weighted by atomic mass is 9.75. The second-order valence-electron chi connectivity index (χ2n) is 15.3. The van der Waals surface area contributed by atoms with Crippen molar-refractivity contribution in [3.63, 3.8) is 0 Å². The molecule has 0 amide bonds. The van der Waals surface area contributed by atoms with E-state index in [1.165, 1.54) is 88.7 Å². The molecule has 0 N–H and O–H groups in total. The number of benzene rings is 4. The van der Waals surface area contributed by atoms with E-state index >= 15 is 0 Å². The third-order valence-corrected chi connectivity index (χ3v) is 11.7. The predicted octanol–water partition coefficient (Wildman–Crippen LogP) is 18.1. The van der Waals surface area contributed by atoms with Crippen LogP contribution in [0.5, 0.6) is 0 Å². The molecule has 4 aromatic carbocycles. The Kier molecular flexibility index (Phi) is 17.4. The summed E-state index contributed by atoms with van der Waals surface area (Å²) < 4.78 is 0. The summed E-state index contributed by atoms with van der Waals surface area (Å²) in [4.78, 5) is 0. The van der Waals surface area contributed by atoms with Gasteiger partial charge in [0.05, 0.1) is 0 Å². The quantitative estimate of drug-likeness (QED) is 0.156. The molecule has 0 aromatic heterocycles. The number of hydrogen-bond donors (Lipinski definition) is 0. The molecule has 5 aliphatic carbocycles. The van der Waals surface area contributed by atoms with Crippen LogP contribution < -0.4 is 0 Å². The molecule has 0 bridgehead atoms. The van der Waals surface area contributed by atoms with Crippen LogP contribution in [0.15, 0.2) is 187 Å². The van der Waals surface area contributed by atoms with Gasteiger partial charge in [-0.15, -0.1) is 0 Å². The van der Waals surface area contributed by atoms with Crippen molar-refractivity contribution in [2.45, 2.75) is 106 Å². The summed E-state index contributed by atoms with van der Waals surface area (Å²) in [5.74, 6) is 6.90. The summed E-state index contributed by atoms with van der Waals surface area (Å²) >= 11 is 0. The zero-order valence-corrected chi connectivity index (χ0v) is 38.2. The highest BCUT2D eigenvalue weighted by Gasteiger charge is 2.27. The zero-order valence-electron chi connectivity index (χ0n) is 38.2. The van der Waals surface area contributed by atoms with E-state index in [4.69, 9.17) is 0 Å². The third-order valence-electron chi connectivity index (χ3n) is 11.7. The van der Waals surface area contributed by atoms with E-state index in [1.807, 2.05) is 41.5 Å². The van der Waals surface area contributed by atoms with E-state index in [1.54, 1.807) is 0 Å². The molecular formula is C62H66. The Bertz CT molecular complexity index is 2580. The van der Waals surface area contributed by atoms with Gasteiger partial charge in [-0.05, 0) is 135 Å². The summed E-state index contributed by atoms with van der Waals surface area (Å²) in [5, 5.41) is 2.58. The van der Waals surface area contributed by atoms with Crippen molar-refractivity contribution in [1.29, 1.82) is 0 Å². The van der Waals surface area contributed by atoms with Crippen LogP contribution in [0.1, 0.15) is 122 Å². The number of rotatable bonds is 8. The van der Waals surface area contributed by atoms with Gasteiger partial charge in [-0.3, -0.25) is 0 Å². The molecule has 0 saturated carbocycles. The Balaban J connectivity index is 0.00000103. The van der Waals surface area contributed by atoms with Crippen molar-refractivity contribution < 1.29 is 0 Å². The minimum absolute atomic E-state index is 0.765. The average molecular weight is 811 g/mol. The molecule has 0 radical (unpaired) electrons. The van der Waals surface area contributed by atoms with Gasteiger partial charge in [0, 0.05) is 12.8 Å². The number of allylic oxidation sites excluding steroid dienone is 22. The fraction of sp³-hybridized carbons (Fsp3) is 0.258. The van der Waals surface area contributed by atoms with Gasteiger partial charge in [-0.2, -0.15) is 0 Å². The normalized spacial score (nSPS) is 18.2. The maximum atomic E-state index is 3.51. The van der Waals surface area contributed by atoms with Crippen LogP contribution in [0.25, 0.3) is 49.7 Å². The predicted molar refractivity (Wildman–Crippen MR) is 276 cm³/mol. The summed E-state index contributed by atoms with van der Waals surface area (Å²) in [5.41, 5.74) is 18.7. The van der Waals surface area contributed by atoms with Crippen molar-refractivity contribution in [2.75, 3.05) is 0 Å². The Morgan fingerprint density at radius 3 is 1.68 bits per heavy atom. The van der Waals surface area contributed by atoms with Gasteiger partial charge in [-0.25, -0.2) is 0 Å². The molecule has 314 valence electrons. The first kappa shape index (κ1) is 45.4. The molecule has 9 rings (SSSR count). The van der Waals surface area contributed by atoms with E-state index < -0.39 is 0 Å². The molecular weight excluding hydrogens is 745 g/mol. The molecule has 0 spiro atoms. The largest absolute Gasteiger partial charge is 0.0988 e. The van der Waals surface area contributed by atoms with Crippen LogP contribution in [-0.2, 0) is 6.42 Å². The van der Waals surface area contributed by atoms with E-state index in [9.17, 15) is 0 Å². The second kappa shape index (κ2) is 23.7. The molecule has 0 fully saturated rings. The Morgan fingerprint density at radius 2 is 1.11 bits per heavy atom. The van der Waals surface area contributed by atoms with E-state index in [2.05, 4.69) is 182 Å². The smallest absolute Gasteiger partial charge is 0.0305 e. The molecule has 0 atom stereocenters. The molecule has 0 heterocycles. The number of fused-ring (bicyclic) bond motifs is 1. The maximum Gasteiger partial charge on any atom is 0.0305 e. The molecule has 0 aliphatic heterocycles. The lowest BCUT2D eigenvalue weighted by Crippen LogP contribution is -2.08. The van der Waals surface area contributed by atoms with Crippen molar-refractivity contribution >= 4 is 27.5 Å². The molecule has 0 saturated heterocycles. The molecule has 62 heavy (non-hydrogen) atoms. The van der Waals surface area contributed by atoms with Gasteiger partial charge in [0.2, 0.25) is 0 Å². The van der Waals surface area contributed by atoms with Crippen molar-refractivity contribution in [3.8, 4) is 34.1 Å². The van der Waals surface area contributed by atoms with Crippen LogP contribution in [-0.4, -0.2) is 0 Å². The zero-order chi connectivity index (χ0) is 43.5. The van der Waals surface area contributed by atoms with Gasteiger partial charge < -0.3 is 0 Å². The second-order valence-corrected chi connectivity index (χ2v) is 15.3. The van der Waals surface area contributed by atoms with Crippen LogP contribution in [0.4, 0.5) is 0 Å². The van der Waals surface area contributed by atoms with E-state index in [0.29, 0.717) is 0 Å². The first-order chi connectivity index (χ1) is 30.8. The van der Waals surface area contributed by atoms with Crippen molar-refractivity contribution in [3.05, 3.63) is 209 Å². The fourth-order valence-electron chi connectivity index (χ4n) is 8.94. The molecule has 0 heteroatoms. The van der Waals surface area contributed by atoms with Gasteiger partial charge in [-0.1, -0.05) is 229 Å². The van der Waals surface area contributed by atoms with Gasteiger partial charge in [0.15, 0.2) is 0 Å². The minimum Gasteiger partial charge on any atom is -0.0988 e. The standard InChI is InChI=1S/C56H48.3C2H6/c1-2-8-20-41(21-9-3-1)40-52-54(48-36-32-44(33-37-48)42-22-10-4-11-23-42)50-30-18-19-31-51(50)55(49-38-34-45(35-39-49)43-24-12-5-13-25-43)56(52)53(46-26-14-6-15-27-46)47-28-16-7-17-29-47;3*1-2/h2,4-6,8,10,12,14-16,18-20,22,24,26,28-39H,1,7,11,13,17,21,23,25,27,40H2;3*1-2H3/b8-2-,41-20+,53-46-;;;. The highest BCUT2D eigenvalue weighted by Crippen LogP contribution is 2.49. The summed E-state index contributed by atoms with van der Waals surface area (Å²) in [6.07, 6.45) is 46.3. The lowest BCUT2D eigenvalue weighted by Gasteiger charge is -2.28. The summed E-state index contributed by atoms with van der Waals surface area (Å²) in [7, 11) is 0. The highest BCUT2D eigenvalue weighted by atomic mass is 14.3. The van der Waals surface area contributed by atoms with E-state index in [0.717, 1.165) is 64.2 Å². The lowest BCUT2D eigenvalue weighted by molar-refractivity contribution is 1.02. The molecule has 0 nitrogen and oxygen atoms in total. The van der Waals surface area contributed by atoms with Crippen LogP contribution >= 0.6 is 0 Å². The van der Waals surface area contributed by atoms with Crippen LogP contribution in [0.2, 0.25) is 0 Å². The van der Waals surface area contributed by atoms with Gasteiger partial charge in [0.25, 0.3) is 0 Å². The summed E-state index contributed by atoms with van der Waals surface area (Å²) in [6, 6.07) is 28.1. The average Bonchev–Trinajstić information content (AvgIpc) is 3.36. The molecule has 5 aliphatic rings. The minimum atomic E-state index is 0.765. The van der Waals surface area contributed by atoms with E-state index in [-0.39, 0.29) is 0 Å². The van der Waals surface area contributed by atoms with Gasteiger partial charge in [0.1, 0.15) is 0 Å². The Labute approximate surface area is 374 Å². The highest BCUT2D eigenvalue weighted by molar-refractivity contribution is 6.13. The topological polar surface area (TPSA) is 0 Å². The molecule has 4 aromatic rings. The first-order valence-electron chi connectivity index (χ1n) is 23.6. The SMILES string of the molecule is C1#CC/C(Cc2c(/C(C3=CCCC=C3)=C3/C=CC=CC3)c(-c3ccc(C4=CC=CCC4)cc3)c3ccccc3c2-c2ccc(C3=CC=CCC3)cc2)=C\C=C/C1.CC.CC.CC. The van der Waals surface area contributed by atoms with Crippen LogP contribution in [0, 0.1) is 11.8 Å². The monoisotopic (exact) mass is 811 g/mol. The van der Waals surface area contributed by atoms with Gasteiger partial charge >= 0.3 is 0 Å². The van der Waals surface area contributed by atoms with Crippen molar-refractivity contribution in [2.24, 2.45) is 0 Å². The summed E-state index contributed by atoms with van der Waals surface area (Å²) in [6.45, 7) is 12.0. The number of hydrogen-bond acceptors (Lipinski definition) is 0. The molecule has 0 unspecified atom stereocenters. The van der Waals surface area contributed by atoms with Crippen molar-refractivity contribution in [1.82, 2.24) is 0 Å². The third kappa shape index (κ3) is 10.6. The van der Waals surface area contributed by atoms with Crippen LogP contribution in [0.3, 0.4) is 0 Å². The maximum absolute atomic E-state index is 3.51.